The number of hydrogen-bond donors (Lipinski definition) is 1. The first-order chi connectivity index (χ1) is 10.6. The summed E-state index contributed by atoms with van der Waals surface area (Å²) in [6.07, 6.45) is 0. The van der Waals surface area contributed by atoms with Gasteiger partial charge in [-0.1, -0.05) is 65.8 Å². The zero-order chi connectivity index (χ0) is 17.4. The SMILES string of the molecule is COc1ccccc1-c1c(O)cc(C(C)(C)C)cc1C(C)(C)C. The van der Waals surface area contributed by atoms with Crippen LogP contribution in [0.5, 0.6) is 11.5 Å². The number of phenolic OH excluding ortho intramolecular Hbond substituents is 1. The summed E-state index contributed by atoms with van der Waals surface area (Å²) in [7, 11) is 1.66. The van der Waals surface area contributed by atoms with Gasteiger partial charge >= 0.3 is 0 Å². The van der Waals surface area contributed by atoms with Crippen LogP contribution in [0.2, 0.25) is 0 Å². The molecule has 2 rings (SSSR count). The zero-order valence-electron chi connectivity index (χ0n) is 15.3. The van der Waals surface area contributed by atoms with Crippen LogP contribution in [0.3, 0.4) is 0 Å². The van der Waals surface area contributed by atoms with E-state index in [2.05, 4.69) is 47.6 Å². The van der Waals surface area contributed by atoms with Gasteiger partial charge in [-0.15, -0.1) is 0 Å². The van der Waals surface area contributed by atoms with Gasteiger partial charge in [0.2, 0.25) is 0 Å². The Morgan fingerprint density at radius 3 is 2.00 bits per heavy atom. The average molecular weight is 312 g/mol. The molecule has 23 heavy (non-hydrogen) atoms. The summed E-state index contributed by atoms with van der Waals surface area (Å²) in [5.74, 6) is 1.09. The lowest BCUT2D eigenvalue weighted by Gasteiger charge is -2.29. The van der Waals surface area contributed by atoms with Gasteiger partial charge < -0.3 is 9.84 Å². The first kappa shape index (κ1) is 17.4. The molecule has 0 saturated carbocycles. The summed E-state index contributed by atoms with van der Waals surface area (Å²) in [5.41, 5.74) is 3.96. The van der Waals surface area contributed by atoms with Crippen molar-refractivity contribution in [3.63, 3.8) is 0 Å². The Morgan fingerprint density at radius 2 is 1.48 bits per heavy atom. The highest BCUT2D eigenvalue weighted by Gasteiger charge is 2.26. The van der Waals surface area contributed by atoms with Crippen molar-refractivity contribution in [3.8, 4) is 22.6 Å². The summed E-state index contributed by atoms with van der Waals surface area (Å²) in [6.45, 7) is 13.0. The topological polar surface area (TPSA) is 29.5 Å². The van der Waals surface area contributed by atoms with E-state index in [1.807, 2.05) is 30.3 Å². The number of ether oxygens (including phenoxy) is 1. The number of para-hydroxylation sites is 1. The molecule has 0 unspecified atom stereocenters. The fourth-order valence-corrected chi connectivity index (χ4v) is 2.79. The summed E-state index contributed by atoms with van der Waals surface area (Å²) in [5, 5.41) is 10.8. The lowest BCUT2D eigenvalue weighted by Crippen LogP contribution is -2.17. The van der Waals surface area contributed by atoms with Gasteiger partial charge in [0, 0.05) is 11.1 Å². The molecule has 2 nitrogen and oxygen atoms in total. The number of hydrogen-bond acceptors (Lipinski definition) is 2. The molecule has 0 aromatic heterocycles. The van der Waals surface area contributed by atoms with Gasteiger partial charge in [-0.3, -0.25) is 0 Å². The third-order valence-electron chi connectivity index (χ3n) is 4.17. The van der Waals surface area contributed by atoms with E-state index in [0.717, 1.165) is 28.0 Å². The van der Waals surface area contributed by atoms with E-state index in [0.29, 0.717) is 5.75 Å². The third-order valence-corrected chi connectivity index (χ3v) is 4.17. The van der Waals surface area contributed by atoms with E-state index in [1.165, 1.54) is 0 Å². The van der Waals surface area contributed by atoms with E-state index in [9.17, 15) is 5.11 Å². The number of rotatable bonds is 2. The second-order valence-corrected chi connectivity index (χ2v) is 8.12. The van der Waals surface area contributed by atoms with Crippen LogP contribution in [-0.4, -0.2) is 12.2 Å². The van der Waals surface area contributed by atoms with Gasteiger partial charge in [-0.05, 0) is 34.1 Å². The minimum atomic E-state index is -0.0884. The number of benzene rings is 2. The predicted molar refractivity (Wildman–Crippen MR) is 97.5 cm³/mol. The highest BCUT2D eigenvalue weighted by Crippen LogP contribution is 2.44. The Balaban J connectivity index is 2.83. The first-order valence-electron chi connectivity index (χ1n) is 8.07. The summed E-state index contributed by atoms with van der Waals surface area (Å²) in [6, 6.07) is 12.0. The quantitative estimate of drug-likeness (QED) is 0.775. The van der Waals surface area contributed by atoms with Crippen molar-refractivity contribution in [2.45, 2.75) is 52.4 Å². The molecule has 1 N–H and O–H groups in total. The molecule has 0 spiro atoms. The minimum Gasteiger partial charge on any atom is -0.507 e. The molecule has 0 aliphatic carbocycles. The average Bonchev–Trinajstić information content (AvgIpc) is 2.44. The molecule has 0 aliphatic rings. The van der Waals surface area contributed by atoms with E-state index in [4.69, 9.17) is 4.74 Å². The Morgan fingerprint density at radius 1 is 0.870 bits per heavy atom. The van der Waals surface area contributed by atoms with Gasteiger partial charge in [-0.2, -0.15) is 0 Å². The number of aromatic hydroxyl groups is 1. The van der Waals surface area contributed by atoms with Crippen molar-refractivity contribution in [2.75, 3.05) is 7.11 Å². The summed E-state index contributed by atoms with van der Waals surface area (Å²) in [4.78, 5) is 0. The monoisotopic (exact) mass is 312 g/mol. The molecule has 0 heterocycles. The predicted octanol–water partition coefficient (Wildman–Crippen LogP) is 5.66. The minimum absolute atomic E-state index is 0.0171. The molecule has 2 aromatic carbocycles. The van der Waals surface area contributed by atoms with Crippen LogP contribution in [0, 0.1) is 0 Å². The Kier molecular flexibility index (Phi) is 4.48. The van der Waals surface area contributed by atoms with Crippen molar-refractivity contribution in [2.24, 2.45) is 0 Å². The molecule has 124 valence electrons. The van der Waals surface area contributed by atoms with Crippen molar-refractivity contribution < 1.29 is 9.84 Å². The van der Waals surface area contributed by atoms with Crippen molar-refractivity contribution in [3.05, 3.63) is 47.5 Å². The maximum Gasteiger partial charge on any atom is 0.126 e. The number of methoxy groups -OCH3 is 1. The maximum absolute atomic E-state index is 10.8. The molecule has 0 aliphatic heterocycles. The smallest absolute Gasteiger partial charge is 0.126 e. The van der Waals surface area contributed by atoms with Crippen molar-refractivity contribution >= 4 is 0 Å². The maximum atomic E-state index is 10.8. The van der Waals surface area contributed by atoms with Crippen LogP contribution in [0.1, 0.15) is 52.7 Å². The number of phenols is 1. The van der Waals surface area contributed by atoms with E-state index >= 15 is 0 Å². The Labute approximate surface area is 140 Å². The highest BCUT2D eigenvalue weighted by molar-refractivity contribution is 5.80. The molecule has 0 saturated heterocycles. The molecular weight excluding hydrogens is 284 g/mol. The Bertz CT molecular complexity index is 701. The van der Waals surface area contributed by atoms with Crippen LogP contribution in [0.4, 0.5) is 0 Å². The summed E-state index contributed by atoms with van der Waals surface area (Å²) >= 11 is 0. The van der Waals surface area contributed by atoms with Gasteiger partial charge in [0.1, 0.15) is 11.5 Å². The van der Waals surface area contributed by atoms with Crippen molar-refractivity contribution in [1.29, 1.82) is 0 Å². The van der Waals surface area contributed by atoms with E-state index in [-0.39, 0.29) is 10.8 Å². The second kappa shape index (κ2) is 5.92. The molecule has 0 bridgehead atoms. The van der Waals surface area contributed by atoms with Crippen LogP contribution in [0.25, 0.3) is 11.1 Å². The third kappa shape index (κ3) is 3.52. The van der Waals surface area contributed by atoms with Gasteiger partial charge in [0.15, 0.2) is 0 Å². The van der Waals surface area contributed by atoms with Crippen LogP contribution >= 0.6 is 0 Å². The van der Waals surface area contributed by atoms with Gasteiger partial charge in [0.05, 0.1) is 7.11 Å². The lowest BCUT2D eigenvalue weighted by molar-refractivity contribution is 0.415. The zero-order valence-corrected chi connectivity index (χ0v) is 15.3. The Hall–Kier alpha value is -1.96. The van der Waals surface area contributed by atoms with E-state index in [1.54, 1.807) is 7.11 Å². The molecule has 0 fully saturated rings. The highest BCUT2D eigenvalue weighted by atomic mass is 16.5. The van der Waals surface area contributed by atoms with Gasteiger partial charge in [0.25, 0.3) is 0 Å². The molecule has 2 aromatic rings. The largest absolute Gasteiger partial charge is 0.507 e. The molecule has 0 atom stereocenters. The molecule has 0 radical (unpaired) electrons. The molecule has 0 amide bonds. The first-order valence-corrected chi connectivity index (χ1v) is 8.07. The fourth-order valence-electron chi connectivity index (χ4n) is 2.79. The van der Waals surface area contributed by atoms with E-state index < -0.39 is 0 Å². The standard InChI is InChI=1S/C21H28O2/c1-20(2,3)14-12-16(21(4,5)6)19(17(22)13-14)15-10-8-9-11-18(15)23-7/h8-13,22H,1-7H3. The van der Waals surface area contributed by atoms with Gasteiger partial charge in [-0.25, -0.2) is 0 Å². The van der Waals surface area contributed by atoms with Crippen LogP contribution in [0.15, 0.2) is 36.4 Å². The van der Waals surface area contributed by atoms with Crippen LogP contribution in [-0.2, 0) is 10.8 Å². The van der Waals surface area contributed by atoms with Crippen LogP contribution < -0.4 is 4.74 Å². The van der Waals surface area contributed by atoms with Crippen molar-refractivity contribution in [1.82, 2.24) is 0 Å². The molecule has 2 heteroatoms. The normalized spacial score (nSPS) is 12.3. The molecular formula is C21H28O2. The second-order valence-electron chi connectivity index (χ2n) is 8.12. The fraction of sp³-hybridized carbons (Fsp3) is 0.429. The summed E-state index contributed by atoms with van der Waals surface area (Å²) < 4.78 is 5.51. The lowest BCUT2D eigenvalue weighted by atomic mass is 9.76.